The third kappa shape index (κ3) is 3.79. The maximum Gasteiger partial charge on any atom is 0.0705 e. The summed E-state index contributed by atoms with van der Waals surface area (Å²) in [5, 5.41) is 4.55. The van der Waals surface area contributed by atoms with Crippen LogP contribution in [0.4, 0.5) is 0 Å². The van der Waals surface area contributed by atoms with Crippen LogP contribution in [0.15, 0.2) is 36.4 Å². The van der Waals surface area contributed by atoms with Crippen molar-refractivity contribution in [3.63, 3.8) is 0 Å². The standard InChI is InChI=1S/C15H20N2O/c1-18-12-11-16-10-4-6-14-9-8-13-5-2-3-7-15(13)17-14/h2-3,5,7-9,16H,4,6,10-12H2,1H3. The lowest BCUT2D eigenvalue weighted by Crippen LogP contribution is -2.20. The van der Waals surface area contributed by atoms with E-state index in [2.05, 4.69) is 34.6 Å². The summed E-state index contributed by atoms with van der Waals surface area (Å²) in [5.41, 5.74) is 2.25. The van der Waals surface area contributed by atoms with Crippen molar-refractivity contribution in [2.45, 2.75) is 12.8 Å². The molecule has 3 heteroatoms. The molecule has 96 valence electrons. The fourth-order valence-electron chi connectivity index (χ4n) is 1.94. The summed E-state index contributed by atoms with van der Waals surface area (Å²) < 4.78 is 4.98. The van der Waals surface area contributed by atoms with Gasteiger partial charge in [-0.3, -0.25) is 4.98 Å². The van der Waals surface area contributed by atoms with Crippen molar-refractivity contribution in [2.24, 2.45) is 0 Å². The number of nitrogens with one attached hydrogen (secondary N) is 1. The molecule has 1 N–H and O–H groups in total. The second-order valence-electron chi connectivity index (χ2n) is 4.34. The molecule has 0 saturated carbocycles. The normalized spacial score (nSPS) is 10.9. The lowest BCUT2D eigenvalue weighted by Gasteiger charge is -2.05. The lowest BCUT2D eigenvalue weighted by atomic mass is 10.1. The zero-order valence-electron chi connectivity index (χ0n) is 10.9. The number of hydrogen-bond acceptors (Lipinski definition) is 3. The van der Waals surface area contributed by atoms with Crippen molar-refractivity contribution in [1.82, 2.24) is 10.3 Å². The van der Waals surface area contributed by atoms with Gasteiger partial charge in [-0.25, -0.2) is 0 Å². The van der Waals surface area contributed by atoms with Crippen molar-refractivity contribution in [3.8, 4) is 0 Å². The molecule has 0 atom stereocenters. The van der Waals surface area contributed by atoms with Gasteiger partial charge in [0.2, 0.25) is 0 Å². The topological polar surface area (TPSA) is 34.1 Å². The minimum atomic E-state index is 0.772. The Bertz CT molecular complexity index is 485. The molecule has 0 spiro atoms. The van der Waals surface area contributed by atoms with Crippen LogP contribution in [0.5, 0.6) is 0 Å². The number of para-hydroxylation sites is 1. The van der Waals surface area contributed by atoms with E-state index < -0.39 is 0 Å². The van der Waals surface area contributed by atoms with Gasteiger partial charge >= 0.3 is 0 Å². The van der Waals surface area contributed by atoms with Crippen LogP contribution in [0.1, 0.15) is 12.1 Å². The van der Waals surface area contributed by atoms with E-state index in [1.807, 2.05) is 12.1 Å². The first-order valence-electron chi connectivity index (χ1n) is 6.44. The number of ether oxygens (including phenoxy) is 1. The van der Waals surface area contributed by atoms with Crippen LogP contribution in [0.3, 0.4) is 0 Å². The zero-order chi connectivity index (χ0) is 12.6. The van der Waals surface area contributed by atoms with Gasteiger partial charge in [0.05, 0.1) is 12.1 Å². The monoisotopic (exact) mass is 244 g/mol. The lowest BCUT2D eigenvalue weighted by molar-refractivity contribution is 0.199. The van der Waals surface area contributed by atoms with Gasteiger partial charge in [-0.05, 0) is 31.5 Å². The Balaban J connectivity index is 1.81. The van der Waals surface area contributed by atoms with Gasteiger partial charge in [-0.2, -0.15) is 0 Å². The number of fused-ring (bicyclic) bond motifs is 1. The molecular formula is C15H20N2O. The van der Waals surface area contributed by atoms with Gasteiger partial charge in [0.25, 0.3) is 0 Å². The van der Waals surface area contributed by atoms with Crippen LogP contribution in [0.25, 0.3) is 10.9 Å². The molecule has 18 heavy (non-hydrogen) atoms. The van der Waals surface area contributed by atoms with Gasteiger partial charge in [0.1, 0.15) is 0 Å². The molecule has 0 unspecified atom stereocenters. The first-order chi connectivity index (χ1) is 8.90. The highest BCUT2D eigenvalue weighted by Crippen LogP contribution is 2.12. The van der Waals surface area contributed by atoms with E-state index >= 15 is 0 Å². The van der Waals surface area contributed by atoms with Crippen LogP contribution >= 0.6 is 0 Å². The number of benzene rings is 1. The van der Waals surface area contributed by atoms with Crippen LogP contribution in [-0.2, 0) is 11.2 Å². The number of pyridine rings is 1. The van der Waals surface area contributed by atoms with E-state index in [-0.39, 0.29) is 0 Å². The third-order valence-corrected chi connectivity index (χ3v) is 2.93. The van der Waals surface area contributed by atoms with Crippen molar-refractivity contribution in [3.05, 3.63) is 42.1 Å². The Kier molecular flexibility index (Phi) is 5.12. The maximum atomic E-state index is 4.98. The fourth-order valence-corrected chi connectivity index (χ4v) is 1.94. The van der Waals surface area contributed by atoms with E-state index in [9.17, 15) is 0 Å². The number of rotatable bonds is 7. The molecule has 0 fully saturated rings. The van der Waals surface area contributed by atoms with Crippen molar-refractivity contribution < 1.29 is 4.74 Å². The number of methoxy groups -OCH3 is 1. The second kappa shape index (κ2) is 7.09. The second-order valence-corrected chi connectivity index (χ2v) is 4.34. The number of aryl methyl sites for hydroxylation is 1. The highest BCUT2D eigenvalue weighted by Gasteiger charge is 1.97. The molecule has 1 aromatic carbocycles. The molecular weight excluding hydrogens is 224 g/mol. The first-order valence-corrected chi connectivity index (χ1v) is 6.44. The average Bonchev–Trinajstić information content (AvgIpc) is 2.42. The average molecular weight is 244 g/mol. The summed E-state index contributed by atoms with van der Waals surface area (Å²) in [6.07, 6.45) is 2.12. The Morgan fingerprint density at radius 3 is 2.89 bits per heavy atom. The van der Waals surface area contributed by atoms with Gasteiger partial charge in [-0.1, -0.05) is 24.3 Å². The molecule has 0 saturated heterocycles. The van der Waals surface area contributed by atoms with E-state index in [0.717, 1.165) is 38.1 Å². The molecule has 2 aromatic rings. The van der Waals surface area contributed by atoms with E-state index in [1.54, 1.807) is 7.11 Å². The quantitative estimate of drug-likeness (QED) is 0.759. The van der Waals surface area contributed by atoms with Gasteiger partial charge in [-0.15, -0.1) is 0 Å². The molecule has 0 bridgehead atoms. The summed E-state index contributed by atoms with van der Waals surface area (Å²) in [6, 6.07) is 12.5. The van der Waals surface area contributed by atoms with E-state index in [1.165, 1.54) is 11.1 Å². The molecule has 1 aromatic heterocycles. The molecule has 0 aliphatic carbocycles. The summed E-state index contributed by atoms with van der Waals surface area (Å²) >= 11 is 0. The molecule has 0 aliphatic rings. The Morgan fingerprint density at radius 1 is 1.11 bits per heavy atom. The SMILES string of the molecule is COCCNCCCc1ccc2ccccc2n1. The molecule has 3 nitrogen and oxygen atoms in total. The molecule has 1 heterocycles. The Labute approximate surface area is 108 Å². The summed E-state index contributed by atoms with van der Waals surface area (Å²) in [5.74, 6) is 0. The predicted octanol–water partition coefficient (Wildman–Crippen LogP) is 2.40. The zero-order valence-corrected chi connectivity index (χ0v) is 10.9. The summed E-state index contributed by atoms with van der Waals surface area (Å²) in [7, 11) is 1.72. The van der Waals surface area contributed by atoms with Crippen LogP contribution in [-0.4, -0.2) is 31.8 Å². The third-order valence-electron chi connectivity index (χ3n) is 2.93. The largest absolute Gasteiger partial charge is 0.383 e. The molecule has 0 radical (unpaired) electrons. The van der Waals surface area contributed by atoms with Gasteiger partial charge < -0.3 is 10.1 Å². The van der Waals surface area contributed by atoms with E-state index in [0.29, 0.717) is 0 Å². The summed E-state index contributed by atoms with van der Waals surface area (Å²) in [4.78, 5) is 4.66. The van der Waals surface area contributed by atoms with Crippen molar-refractivity contribution in [2.75, 3.05) is 26.8 Å². The van der Waals surface area contributed by atoms with Crippen LogP contribution < -0.4 is 5.32 Å². The number of nitrogens with zero attached hydrogens (tertiary/aromatic N) is 1. The summed E-state index contributed by atoms with van der Waals surface area (Å²) in [6.45, 7) is 2.70. The van der Waals surface area contributed by atoms with Crippen LogP contribution in [0.2, 0.25) is 0 Å². The van der Waals surface area contributed by atoms with Gasteiger partial charge in [0.15, 0.2) is 0 Å². The number of aromatic nitrogens is 1. The van der Waals surface area contributed by atoms with Gasteiger partial charge in [0, 0.05) is 24.7 Å². The van der Waals surface area contributed by atoms with Crippen molar-refractivity contribution in [1.29, 1.82) is 0 Å². The Morgan fingerprint density at radius 2 is 2.00 bits per heavy atom. The molecule has 0 amide bonds. The van der Waals surface area contributed by atoms with E-state index in [4.69, 9.17) is 4.74 Å². The molecule has 2 rings (SSSR count). The fraction of sp³-hybridized carbons (Fsp3) is 0.400. The minimum Gasteiger partial charge on any atom is -0.383 e. The maximum absolute atomic E-state index is 4.98. The highest BCUT2D eigenvalue weighted by atomic mass is 16.5. The first kappa shape index (κ1) is 13.0. The highest BCUT2D eigenvalue weighted by molar-refractivity contribution is 5.78. The predicted molar refractivity (Wildman–Crippen MR) is 74.8 cm³/mol. The minimum absolute atomic E-state index is 0.772. The molecule has 0 aliphatic heterocycles. The number of hydrogen-bond donors (Lipinski definition) is 1. The smallest absolute Gasteiger partial charge is 0.0705 e. The van der Waals surface area contributed by atoms with Crippen LogP contribution in [0, 0.1) is 0 Å². The Hall–Kier alpha value is -1.45. The van der Waals surface area contributed by atoms with Crippen molar-refractivity contribution >= 4 is 10.9 Å².